The van der Waals surface area contributed by atoms with E-state index in [0.717, 1.165) is 0 Å². The van der Waals surface area contributed by atoms with Crippen LogP contribution in [0.5, 0.6) is 0 Å². The first kappa shape index (κ1) is 19.3. The standard InChI is InChI=1S/C15H24N4O6/c1-6(13(16)23)18-14(24)7-2-9(12(22)11(21)3-7)19-15(25)10-4-8(20)5-17-10/h2,6,8-12,17,20-22H,3-5H2,1H3,(H2,16,23)(H,18,24)(H,19,25)/t6-,8-,9-,10+,11-,12-/m1/s1. The molecular weight excluding hydrogens is 332 g/mol. The summed E-state index contributed by atoms with van der Waals surface area (Å²) in [6, 6.07) is -2.48. The Labute approximate surface area is 144 Å². The van der Waals surface area contributed by atoms with Gasteiger partial charge in [-0.2, -0.15) is 0 Å². The molecule has 2 aliphatic rings. The maximum atomic E-state index is 12.2. The van der Waals surface area contributed by atoms with E-state index in [1.807, 2.05) is 0 Å². The van der Waals surface area contributed by atoms with Gasteiger partial charge in [-0.1, -0.05) is 6.08 Å². The van der Waals surface area contributed by atoms with Gasteiger partial charge < -0.3 is 37.0 Å². The summed E-state index contributed by atoms with van der Waals surface area (Å²) in [5.41, 5.74) is 5.23. The number of carbonyl (C=O) groups excluding carboxylic acids is 3. The van der Waals surface area contributed by atoms with Gasteiger partial charge >= 0.3 is 0 Å². The predicted molar refractivity (Wildman–Crippen MR) is 85.9 cm³/mol. The summed E-state index contributed by atoms with van der Waals surface area (Å²) in [5.74, 6) is -1.76. The van der Waals surface area contributed by atoms with E-state index in [1.165, 1.54) is 13.0 Å². The molecule has 25 heavy (non-hydrogen) atoms. The Morgan fingerprint density at radius 2 is 2.00 bits per heavy atom. The van der Waals surface area contributed by atoms with Crippen molar-refractivity contribution in [3.05, 3.63) is 11.6 Å². The second kappa shape index (κ2) is 7.91. The normalized spacial score (nSPS) is 33.3. The number of β-amino-alcohol motifs (C(OH)–C–C–N with tert-alkyl or cyclic N) is 1. The molecule has 0 bridgehead atoms. The maximum Gasteiger partial charge on any atom is 0.247 e. The topological polar surface area (TPSA) is 174 Å². The van der Waals surface area contributed by atoms with Crippen molar-refractivity contribution in [3.8, 4) is 0 Å². The molecule has 0 saturated carbocycles. The van der Waals surface area contributed by atoms with Crippen LogP contribution in [-0.4, -0.2) is 76.0 Å². The average Bonchev–Trinajstić information content (AvgIpc) is 2.97. The fourth-order valence-corrected chi connectivity index (χ4v) is 2.81. The van der Waals surface area contributed by atoms with Crippen LogP contribution in [0.15, 0.2) is 11.6 Å². The first-order valence-electron chi connectivity index (χ1n) is 8.08. The lowest BCUT2D eigenvalue weighted by Crippen LogP contribution is -2.54. The molecule has 0 aromatic heterocycles. The number of amides is 3. The van der Waals surface area contributed by atoms with Gasteiger partial charge in [0.1, 0.15) is 12.1 Å². The summed E-state index contributed by atoms with van der Waals surface area (Å²) in [5, 5.41) is 37.3. The molecule has 0 spiro atoms. The highest BCUT2D eigenvalue weighted by molar-refractivity contribution is 5.97. The highest BCUT2D eigenvalue weighted by Crippen LogP contribution is 2.20. The molecule has 1 aliphatic heterocycles. The van der Waals surface area contributed by atoms with E-state index in [-0.39, 0.29) is 18.4 Å². The molecule has 1 heterocycles. The molecule has 0 aromatic carbocycles. The minimum Gasteiger partial charge on any atom is -0.392 e. The summed E-state index contributed by atoms with van der Waals surface area (Å²) in [7, 11) is 0. The lowest BCUT2D eigenvalue weighted by molar-refractivity contribution is -0.126. The third-order valence-corrected chi connectivity index (χ3v) is 4.37. The molecule has 0 aromatic rings. The van der Waals surface area contributed by atoms with E-state index < -0.39 is 54.2 Å². The van der Waals surface area contributed by atoms with Gasteiger partial charge in [-0.3, -0.25) is 14.4 Å². The van der Waals surface area contributed by atoms with E-state index >= 15 is 0 Å². The first-order valence-corrected chi connectivity index (χ1v) is 8.08. The van der Waals surface area contributed by atoms with E-state index in [0.29, 0.717) is 6.54 Å². The van der Waals surface area contributed by atoms with Crippen molar-refractivity contribution in [2.24, 2.45) is 5.73 Å². The number of primary amides is 1. The van der Waals surface area contributed by atoms with Gasteiger partial charge in [-0.05, 0) is 13.3 Å². The van der Waals surface area contributed by atoms with Crippen molar-refractivity contribution < 1.29 is 29.7 Å². The van der Waals surface area contributed by atoms with Gasteiger partial charge in [0.25, 0.3) is 0 Å². The van der Waals surface area contributed by atoms with Crippen molar-refractivity contribution in [2.75, 3.05) is 6.54 Å². The molecule has 10 heteroatoms. The van der Waals surface area contributed by atoms with Crippen molar-refractivity contribution in [1.29, 1.82) is 0 Å². The molecule has 8 N–H and O–H groups in total. The molecular formula is C15H24N4O6. The van der Waals surface area contributed by atoms with Crippen molar-refractivity contribution in [3.63, 3.8) is 0 Å². The summed E-state index contributed by atoms with van der Waals surface area (Å²) in [6.45, 7) is 1.72. The molecule has 1 saturated heterocycles. The number of nitrogens with one attached hydrogen (secondary N) is 3. The van der Waals surface area contributed by atoms with Gasteiger partial charge in [0, 0.05) is 18.5 Å². The van der Waals surface area contributed by atoms with Crippen LogP contribution < -0.4 is 21.7 Å². The van der Waals surface area contributed by atoms with Gasteiger partial charge in [0.05, 0.1) is 24.3 Å². The third-order valence-electron chi connectivity index (χ3n) is 4.37. The van der Waals surface area contributed by atoms with Crippen LogP contribution in [0.1, 0.15) is 19.8 Å². The van der Waals surface area contributed by atoms with Gasteiger partial charge in [0.15, 0.2) is 0 Å². The summed E-state index contributed by atoms with van der Waals surface area (Å²) in [4.78, 5) is 35.4. The number of aliphatic hydroxyl groups excluding tert-OH is 3. The second-order valence-electron chi connectivity index (χ2n) is 6.44. The van der Waals surface area contributed by atoms with E-state index in [4.69, 9.17) is 5.73 Å². The highest BCUT2D eigenvalue weighted by atomic mass is 16.3. The zero-order valence-electron chi connectivity index (χ0n) is 13.8. The maximum absolute atomic E-state index is 12.2. The number of rotatable bonds is 5. The minimum atomic E-state index is -1.28. The molecule has 1 aliphatic carbocycles. The van der Waals surface area contributed by atoms with E-state index in [9.17, 15) is 29.7 Å². The Bertz CT molecular complexity index is 580. The number of aliphatic hydroxyl groups is 3. The van der Waals surface area contributed by atoms with E-state index in [1.54, 1.807) is 0 Å². The molecule has 0 radical (unpaired) electrons. The Morgan fingerprint density at radius 3 is 2.56 bits per heavy atom. The fraction of sp³-hybridized carbons (Fsp3) is 0.667. The fourth-order valence-electron chi connectivity index (χ4n) is 2.81. The Hall–Kier alpha value is -2.01. The quantitative estimate of drug-likeness (QED) is 0.265. The van der Waals surface area contributed by atoms with Crippen molar-refractivity contribution in [2.45, 2.75) is 56.2 Å². The minimum absolute atomic E-state index is 0.120. The Balaban J connectivity index is 2.06. The molecule has 140 valence electrons. The van der Waals surface area contributed by atoms with Crippen LogP contribution in [0.4, 0.5) is 0 Å². The third kappa shape index (κ3) is 4.75. The number of nitrogens with two attached hydrogens (primary N) is 1. The Kier molecular flexibility index (Phi) is 6.11. The largest absolute Gasteiger partial charge is 0.392 e. The molecule has 10 nitrogen and oxygen atoms in total. The lowest BCUT2D eigenvalue weighted by Gasteiger charge is -2.31. The number of carbonyl (C=O) groups is 3. The van der Waals surface area contributed by atoms with Crippen LogP contribution in [0.3, 0.4) is 0 Å². The molecule has 1 fully saturated rings. The zero-order chi connectivity index (χ0) is 18.7. The van der Waals surface area contributed by atoms with Crippen LogP contribution in [0.25, 0.3) is 0 Å². The van der Waals surface area contributed by atoms with Crippen LogP contribution in [0.2, 0.25) is 0 Å². The summed E-state index contributed by atoms with van der Waals surface area (Å²) in [6.07, 6.45) is -1.67. The highest BCUT2D eigenvalue weighted by Gasteiger charge is 2.36. The zero-order valence-corrected chi connectivity index (χ0v) is 13.8. The smallest absolute Gasteiger partial charge is 0.247 e. The van der Waals surface area contributed by atoms with Gasteiger partial charge in [-0.15, -0.1) is 0 Å². The molecule has 0 unspecified atom stereocenters. The van der Waals surface area contributed by atoms with Crippen LogP contribution in [-0.2, 0) is 14.4 Å². The Morgan fingerprint density at radius 1 is 1.32 bits per heavy atom. The summed E-state index contributed by atoms with van der Waals surface area (Å²) >= 11 is 0. The number of hydrogen-bond acceptors (Lipinski definition) is 7. The molecule has 6 atom stereocenters. The average molecular weight is 356 g/mol. The molecule has 2 rings (SSSR count). The first-order chi connectivity index (χ1) is 11.7. The predicted octanol–water partition coefficient (Wildman–Crippen LogP) is -3.76. The van der Waals surface area contributed by atoms with Gasteiger partial charge in [0.2, 0.25) is 17.7 Å². The van der Waals surface area contributed by atoms with Crippen molar-refractivity contribution in [1.82, 2.24) is 16.0 Å². The van der Waals surface area contributed by atoms with Gasteiger partial charge in [-0.25, -0.2) is 0 Å². The van der Waals surface area contributed by atoms with E-state index in [2.05, 4.69) is 16.0 Å². The number of hydrogen-bond donors (Lipinski definition) is 7. The molecule has 3 amide bonds. The lowest BCUT2D eigenvalue weighted by atomic mass is 9.89. The second-order valence-corrected chi connectivity index (χ2v) is 6.44. The van der Waals surface area contributed by atoms with Crippen molar-refractivity contribution >= 4 is 17.7 Å². The summed E-state index contributed by atoms with van der Waals surface area (Å²) < 4.78 is 0. The SMILES string of the molecule is C[C@@H](NC(=O)C1=C[C@@H](NC(=O)[C@@H]2C[C@@H](O)CN2)[C@@H](O)[C@H](O)C1)C(N)=O. The monoisotopic (exact) mass is 356 g/mol. The van der Waals surface area contributed by atoms with Crippen LogP contribution in [0, 0.1) is 0 Å². The van der Waals surface area contributed by atoms with Crippen LogP contribution >= 0.6 is 0 Å².